The fourth-order valence-electron chi connectivity index (χ4n) is 2.02. The number of ether oxygens (including phenoxy) is 2. The van der Waals surface area contributed by atoms with Gasteiger partial charge in [0.1, 0.15) is 11.5 Å². The number of methoxy groups -OCH3 is 2. The Bertz CT molecular complexity index is 596. The number of nitrogens with zero attached hydrogens (tertiary/aromatic N) is 1. The predicted molar refractivity (Wildman–Crippen MR) is 84.0 cm³/mol. The van der Waals surface area contributed by atoms with E-state index in [0.29, 0.717) is 13.0 Å². The van der Waals surface area contributed by atoms with E-state index in [-0.39, 0.29) is 5.91 Å². The number of likely N-dealkylation sites (N-methyl/N-ethyl adjacent to an activating group) is 1. The molecule has 0 aliphatic carbocycles. The second-order valence-corrected chi connectivity index (χ2v) is 5.72. The number of hydrogen-bond donors (Lipinski definition) is 0. The molecule has 0 saturated carbocycles. The van der Waals surface area contributed by atoms with E-state index < -0.39 is 0 Å². The normalized spacial score (nSPS) is 10.2. The highest BCUT2D eigenvalue weighted by Crippen LogP contribution is 2.25. The maximum atomic E-state index is 12.2. The average molecular weight is 305 g/mol. The van der Waals surface area contributed by atoms with Crippen molar-refractivity contribution in [1.29, 1.82) is 0 Å². The molecule has 112 valence electrons. The summed E-state index contributed by atoms with van der Waals surface area (Å²) in [7, 11) is 5.04. The van der Waals surface area contributed by atoms with E-state index in [1.54, 1.807) is 37.5 Å². The molecule has 1 heterocycles. The van der Waals surface area contributed by atoms with Gasteiger partial charge in [-0.05, 0) is 23.6 Å². The molecule has 21 heavy (non-hydrogen) atoms. The van der Waals surface area contributed by atoms with Crippen molar-refractivity contribution in [3.05, 3.63) is 46.2 Å². The summed E-state index contributed by atoms with van der Waals surface area (Å²) >= 11 is 1.60. The second kappa shape index (κ2) is 7.13. The molecule has 0 radical (unpaired) electrons. The molecule has 1 aromatic heterocycles. The Morgan fingerprint density at radius 1 is 1.24 bits per heavy atom. The van der Waals surface area contributed by atoms with Crippen LogP contribution in [0.15, 0.2) is 35.7 Å². The molecule has 0 N–H and O–H groups in total. The fraction of sp³-hybridized carbons (Fsp3) is 0.312. The minimum atomic E-state index is 0.0929. The van der Waals surface area contributed by atoms with E-state index in [1.165, 1.54) is 0 Å². The van der Waals surface area contributed by atoms with Crippen LogP contribution in [0.1, 0.15) is 10.4 Å². The summed E-state index contributed by atoms with van der Waals surface area (Å²) in [5.74, 6) is 1.56. The Hall–Kier alpha value is -2.01. The predicted octanol–water partition coefficient (Wildman–Crippen LogP) is 2.97. The highest BCUT2D eigenvalue weighted by Gasteiger charge is 2.13. The van der Waals surface area contributed by atoms with Gasteiger partial charge in [0.05, 0.1) is 20.6 Å². The quantitative estimate of drug-likeness (QED) is 0.823. The molecule has 0 bridgehead atoms. The van der Waals surface area contributed by atoms with Crippen molar-refractivity contribution in [3.8, 4) is 11.5 Å². The number of carbonyl (C=O) groups is 1. The maximum Gasteiger partial charge on any atom is 0.227 e. The first-order valence-electron chi connectivity index (χ1n) is 6.61. The number of benzene rings is 1. The zero-order chi connectivity index (χ0) is 15.2. The second-order valence-electron chi connectivity index (χ2n) is 4.68. The first-order valence-corrected chi connectivity index (χ1v) is 7.49. The lowest BCUT2D eigenvalue weighted by molar-refractivity contribution is -0.129. The van der Waals surface area contributed by atoms with Gasteiger partial charge in [0.25, 0.3) is 0 Å². The Morgan fingerprint density at radius 3 is 2.67 bits per heavy atom. The standard InChI is InChI=1S/C16H19NO3S/c1-17(16(18)10-14-5-4-8-21-14)11-12-6-7-13(19-2)9-15(12)20-3/h4-9H,10-11H2,1-3H3. The topological polar surface area (TPSA) is 38.8 Å². The number of rotatable bonds is 6. The Kier molecular flexibility index (Phi) is 5.22. The van der Waals surface area contributed by atoms with Crippen molar-refractivity contribution in [2.24, 2.45) is 0 Å². The van der Waals surface area contributed by atoms with Gasteiger partial charge in [-0.3, -0.25) is 4.79 Å². The summed E-state index contributed by atoms with van der Waals surface area (Å²) in [6.45, 7) is 0.511. The van der Waals surface area contributed by atoms with Crippen LogP contribution in [-0.2, 0) is 17.8 Å². The molecular weight excluding hydrogens is 286 g/mol. The van der Waals surface area contributed by atoms with Gasteiger partial charge in [-0.25, -0.2) is 0 Å². The minimum Gasteiger partial charge on any atom is -0.497 e. The first kappa shape index (κ1) is 15.4. The zero-order valence-electron chi connectivity index (χ0n) is 12.5. The van der Waals surface area contributed by atoms with Crippen LogP contribution in [0.2, 0.25) is 0 Å². The van der Waals surface area contributed by atoms with E-state index in [9.17, 15) is 4.79 Å². The Morgan fingerprint density at radius 2 is 2.05 bits per heavy atom. The van der Waals surface area contributed by atoms with Crippen molar-refractivity contribution in [3.63, 3.8) is 0 Å². The molecule has 1 amide bonds. The SMILES string of the molecule is COc1ccc(CN(C)C(=O)Cc2cccs2)c(OC)c1. The van der Waals surface area contributed by atoms with Crippen molar-refractivity contribution < 1.29 is 14.3 Å². The summed E-state index contributed by atoms with van der Waals surface area (Å²) in [5.41, 5.74) is 0.959. The van der Waals surface area contributed by atoms with Crippen LogP contribution in [0.4, 0.5) is 0 Å². The van der Waals surface area contributed by atoms with Gasteiger partial charge in [-0.2, -0.15) is 0 Å². The summed E-state index contributed by atoms with van der Waals surface area (Å²) in [4.78, 5) is 15.0. The first-order chi connectivity index (χ1) is 10.1. The molecule has 2 aromatic rings. The van der Waals surface area contributed by atoms with E-state index in [1.807, 2.05) is 35.7 Å². The summed E-state index contributed by atoms with van der Waals surface area (Å²) in [5, 5.41) is 1.98. The van der Waals surface area contributed by atoms with Crippen molar-refractivity contribution >= 4 is 17.2 Å². The summed E-state index contributed by atoms with van der Waals surface area (Å²) in [6.07, 6.45) is 0.437. The lowest BCUT2D eigenvalue weighted by Gasteiger charge is -2.19. The number of carbonyl (C=O) groups excluding carboxylic acids is 1. The number of thiophene rings is 1. The van der Waals surface area contributed by atoms with Crippen molar-refractivity contribution in [2.75, 3.05) is 21.3 Å². The monoisotopic (exact) mass is 305 g/mol. The van der Waals surface area contributed by atoms with Crippen molar-refractivity contribution in [1.82, 2.24) is 4.90 Å². The molecule has 0 spiro atoms. The summed E-state index contributed by atoms with van der Waals surface area (Å²) in [6, 6.07) is 9.55. The van der Waals surface area contributed by atoms with Gasteiger partial charge in [0.2, 0.25) is 5.91 Å². The molecule has 0 aliphatic heterocycles. The van der Waals surface area contributed by atoms with E-state index >= 15 is 0 Å². The highest BCUT2D eigenvalue weighted by molar-refractivity contribution is 7.10. The van der Waals surface area contributed by atoms with E-state index in [0.717, 1.165) is 21.9 Å². The third-order valence-corrected chi connectivity index (χ3v) is 4.11. The smallest absolute Gasteiger partial charge is 0.227 e. The largest absolute Gasteiger partial charge is 0.497 e. The van der Waals surface area contributed by atoms with Gasteiger partial charge in [0, 0.05) is 30.1 Å². The molecule has 2 rings (SSSR count). The van der Waals surface area contributed by atoms with Crippen LogP contribution < -0.4 is 9.47 Å². The Labute approximate surface area is 128 Å². The molecule has 5 heteroatoms. The lowest BCUT2D eigenvalue weighted by Crippen LogP contribution is -2.27. The molecule has 0 unspecified atom stereocenters. The fourth-order valence-corrected chi connectivity index (χ4v) is 2.72. The third kappa shape index (κ3) is 3.98. The van der Waals surface area contributed by atoms with Crippen LogP contribution >= 0.6 is 11.3 Å². The molecule has 4 nitrogen and oxygen atoms in total. The molecule has 0 atom stereocenters. The molecule has 0 saturated heterocycles. The van der Waals surface area contributed by atoms with Crippen LogP contribution in [-0.4, -0.2) is 32.1 Å². The van der Waals surface area contributed by atoms with Gasteiger partial charge in [-0.1, -0.05) is 6.07 Å². The van der Waals surface area contributed by atoms with Crippen LogP contribution in [0.5, 0.6) is 11.5 Å². The number of hydrogen-bond acceptors (Lipinski definition) is 4. The van der Waals surface area contributed by atoms with Crippen molar-refractivity contribution in [2.45, 2.75) is 13.0 Å². The van der Waals surface area contributed by atoms with Gasteiger partial charge in [-0.15, -0.1) is 11.3 Å². The van der Waals surface area contributed by atoms with E-state index in [4.69, 9.17) is 9.47 Å². The van der Waals surface area contributed by atoms with Gasteiger partial charge in [0.15, 0.2) is 0 Å². The van der Waals surface area contributed by atoms with Gasteiger partial charge < -0.3 is 14.4 Å². The van der Waals surface area contributed by atoms with Crippen LogP contribution in [0, 0.1) is 0 Å². The highest BCUT2D eigenvalue weighted by atomic mass is 32.1. The molecular formula is C16H19NO3S. The zero-order valence-corrected chi connectivity index (χ0v) is 13.3. The van der Waals surface area contributed by atoms with Gasteiger partial charge >= 0.3 is 0 Å². The van der Waals surface area contributed by atoms with Crippen LogP contribution in [0.3, 0.4) is 0 Å². The maximum absolute atomic E-state index is 12.2. The van der Waals surface area contributed by atoms with E-state index in [2.05, 4.69) is 0 Å². The number of amides is 1. The minimum absolute atomic E-state index is 0.0929. The molecule has 1 aromatic carbocycles. The van der Waals surface area contributed by atoms with Crippen LogP contribution in [0.25, 0.3) is 0 Å². The average Bonchev–Trinajstić information content (AvgIpc) is 3.00. The lowest BCUT2D eigenvalue weighted by atomic mass is 10.1. The summed E-state index contributed by atoms with van der Waals surface area (Å²) < 4.78 is 10.5. The Balaban J connectivity index is 2.04. The third-order valence-electron chi connectivity index (χ3n) is 3.23. The molecule has 0 aliphatic rings. The molecule has 0 fully saturated rings.